The molecule has 1 atom stereocenters. The number of hydrogen-bond acceptors (Lipinski definition) is 4. The largest absolute Gasteiger partial charge is 0.428 e. The number of carbonyl (C=O) groups excluding carboxylic acids is 1. The molecule has 1 amide bonds. The van der Waals surface area contributed by atoms with Crippen LogP contribution < -0.4 is 5.48 Å². The first-order valence-corrected chi connectivity index (χ1v) is 10.7. The van der Waals surface area contributed by atoms with Crippen LogP contribution in [0, 0.1) is 0 Å². The van der Waals surface area contributed by atoms with Crippen molar-refractivity contribution in [3.05, 3.63) is 76.9 Å². The third-order valence-electron chi connectivity index (χ3n) is 6.12. The van der Waals surface area contributed by atoms with Gasteiger partial charge in [-0.25, -0.2) is 4.39 Å². The van der Waals surface area contributed by atoms with Gasteiger partial charge in [-0.3, -0.25) is 15.1 Å². The highest BCUT2D eigenvalue weighted by Gasteiger charge is 2.60. The SMILES string of the molecule is CC(C)(O)C(=O)N1CC(F)(c2ccc(C3=CC(c4cccc(C(F)(F)F)c4)(C(F)(F)F)ON3)cc2)C1. The van der Waals surface area contributed by atoms with Gasteiger partial charge < -0.3 is 10.0 Å². The number of hydroxylamine groups is 1. The zero-order valence-corrected chi connectivity index (χ0v) is 19.0. The lowest BCUT2D eigenvalue weighted by Crippen LogP contribution is -2.62. The van der Waals surface area contributed by atoms with Crippen molar-refractivity contribution in [2.75, 3.05) is 13.1 Å². The van der Waals surface area contributed by atoms with Crippen LogP contribution in [0.25, 0.3) is 5.70 Å². The minimum atomic E-state index is -5.11. The van der Waals surface area contributed by atoms with Crippen molar-refractivity contribution in [1.82, 2.24) is 10.4 Å². The van der Waals surface area contributed by atoms with Crippen molar-refractivity contribution in [2.24, 2.45) is 0 Å². The van der Waals surface area contributed by atoms with Gasteiger partial charge >= 0.3 is 12.4 Å². The first-order chi connectivity index (χ1) is 16.5. The van der Waals surface area contributed by atoms with Crippen molar-refractivity contribution >= 4 is 11.6 Å². The quantitative estimate of drug-likeness (QED) is 0.571. The Morgan fingerprint density at radius 1 is 1.00 bits per heavy atom. The highest BCUT2D eigenvalue weighted by Crippen LogP contribution is 2.48. The number of rotatable bonds is 4. The van der Waals surface area contributed by atoms with E-state index in [0.29, 0.717) is 18.2 Å². The molecule has 0 spiro atoms. The van der Waals surface area contributed by atoms with Crippen LogP contribution >= 0.6 is 0 Å². The van der Waals surface area contributed by atoms with E-state index >= 15 is 4.39 Å². The Balaban J connectivity index is 1.60. The standard InChI is InChI=1S/C24H21F7N2O3/c1-20(2,35)19(34)33-12-21(25,13-33)15-8-6-14(7-9-15)18-11-22(36-32-18,24(29,30)31)16-4-3-5-17(10-16)23(26,27)28/h3-11,32,35H,12-13H2,1-2H3. The predicted molar refractivity (Wildman–Crippen MR) is 113 cm³/mol. The summed E-state index contributed by atoms with van der Waals surface area (Å²) in [4.78, 5) is 18.1. The summed E-state index contributed by atoms with van der Waals surface area (Å²) in [6, 6.07) is 8.11. The van der Waals surface area contributed by atoms with Gasteiger partial charge in [-0.05, 0) is 43.2 Å². The number of carbonyl (C=O) groups is 1. The maximum Gasteiger partial charge on any atom is 0.428 e. The van der Waals surface area contributed by atoms with E-state index in [9.17, 15) is 36.2 Å². The number of nitrogens with one attached hydrogen (secondary N) is 1. The molecule has 0 aliphatic carbocycles. The Bertz CT molecular complexity index is 1190. The van der Waals surface area contributed by atoms with E-state index in [0.717, 1.165) is 17.0 Å². The number of aliphatic hydroxyl groups is 1. The summed E-state index contributed by atoms with van der Waals surface area (Å²) in [5, 5.41) is 9.78. The summed E-state index contributed by atoms with van der Waals surface area (Å²) in [5.74, 6) is -0.636. The molecular formula is C24H21F7N2O3. The second kappa shape index (κ2) is 8.20. The summed E-state index contributed by atoms with van der Waals surface area (Å²) in [5.41, 5.74) is -6.46. The van der Waals surface area contributed by atoms with E-state index < -0.39 is 46.3 Å². The molecule has 1 fully saturated rings. The normalized spacial score (nSPS) is 22.1. The van der Waals surface area contributed by atoms with Gasteiger partial charge in [0.05, 0.1) is 24.4 Å². The molecule has 194 valence electrons. The van der Waals surface area contributed by atoms with Crippen LogP contribution in [0.15, 0.2) is 54.6 Å². The monoisotopic (exact) mass is 518 g/mol. The molecule has 12 heteroatoms. The van der Waals surface area contributed by atoms with Crippen molar-refractivity contribution in [3.63, 3.8) is 0 Å². The Morgan fingerprint density at radius 3 is 2.14 bits per heavy atom. The predicted octanol–water partition coefficient (Wildman–Crippen LogP) is 4.82. The van der Waals surface area contributed by atoms with E-state index in [1.54, 1.807) is 0 Å². The average Bonchev–Trinajstić information content (AvgIpc) is 3.22. The second-order valence-electron chi connectivity index (χ2n) is 9.34. The van der Waals surface area contributed by atoms with Crippen molar-refractivity contribution in [3.8, 4) is 0 Å². The molecule has 0 aromatic heterocycles. The highest BCUT2D eigenvalue weighted by atomic mass is 19.4. The topological polar surface area (TPSA) is 61.8 Å². The number of benzene rings is 2. The maximum absolute atomic E-state index is 15.2. The van der Waals surface area contributed by atoms with Crippen LogP contribution in [0.4, 0.5) is 30.7 Å². The van der Waals surface area contributed by atoms with Gasteiger partial charge in [-0.2, -0.15) is 26.3 Å². The lowest BCUT2D eigenvalue weighted by Gasteiger charge is -2.46. The van der Waals surface area contributed by atoms with Crippen LogP contribution in [-0.4, -0.2) is 40.8 Å². The van der Waals surface area contributed by atoms with Gasteiger partial charge in [0.15, 0.2) is 5.67 Å². The fourth-order valence-corrected chi connectivity index (χ4v) is 4.13. The Kier molecular flexibility index (Phi) is 5.91. The fraction of sp³-hybridized carbons (Fsp3) is 0.375. The number of likely N-dealkylation sites (tertiary alicyclic amines) is 1. The maximum atomic E-state index is 15.2. The van der Waals surface area contributed by atoms with Gasteiger partial charge in [0, 0.05) is 5.56 Å². The average molecular weight is 518 g/mol. The lowest BCUT2D eigenvalue weighted by molar-refractivity contribution is -0.269. The van der Waals surface area contributed by atoms with Crippen LogP contribution in [0.3, 0.4) is 0 Å². The Hall–Kier alpha value is -3.12. The minimum absolute atomic E-state index is 0.170. The molecule has 1 saturated heterocycles. The third kappa shape index (κ3) is 4.43. The van der Waals surface area contributed by atoms with Crippen molar-refractivity contribution in [1.29, 1.82) is 0 Å². The van der Waals surface area contributed by atoms with Crippen LogP contribution in [0.2, 0.25) is 0 Å². The van der Waals surface area contributed by atoms with Crippen LogP contribution in [-0.2, 0) is 27.1 Å². The highest BCUT2D eigenvalue weighted by molar-refractivity contribution is 5.85. The van der Waals surface area contributed by atoms with E-state index in [2.05, 4.69) is 5.48 Å². The van der Waals surface area contributed by atoms with E-state index in [4.69, 9.17) is 4.84 Å². The number of hydrogen-bond donors (Lipinski definition) is 2. The molecule has 36 heavy (non-hydrogen) atoms. The lowest BCUT2D eigenvalue weighted by atomic mass is 9.86. The number of halogens is 7. The molecule has 0 bridgehead atoms. The summed E-state index contributed by atoms with van der Waals surface area (Å²) < 4.78 is 96.8. The molecule has 5 nitrogen and oxygen atoms in total. The first kappa shape index (κ1) is 26.0. The molecule has 2 heterocycles. The van der Waals surface area contributed by atoms with Gasteiger partial charge in [0.1, 0.15) is 5.60 Å². The summed E-state index contributed by atoms with van der Waals surface area (Å²) in [6.07, 6.45) is -9.33. The summed E-state index contributed by atoms with van der Waals surface area (Å²) in [7, 11) is 0. The number of amides is 1. The Labute approximate surface area is 201 Å². The van der Waals surface area contributed by atoms with E-state index in [1.165, 1.54) is 38.1 Å². The first-order valence-electron chi connectivity index (χ1n) is 10.7. The molecular weight excluding hydrogens is 497 g/mol. The van der Waals surface area contributed by atoms with E-state index in [-0.39, 0.29) is 29.9 Å². The van der Waals surface area contributed by atoms with Crippen molar-refractivity contribution in [2.45, 2.75) is 43.1 Å². The molecule has 2 aliphatic rings. The van der Waals surface area contributed by atoms with E-state index in [1.807, 2.05) is 0 Å². The van der Waals surface area contributed by atoms with Gasteiger partial charge in [-0.1, -0.05) is 36.4 Å². The van der Waals surface area contributed by atoms with Crippen LogP contribution in [0.1, 0.15) is 36.1 Å². The van der Waals surface area contributed by atoms with Gasteiger partial charge in [0.2, 0.25) is 5.60 Å². The van der Waals surface area contributed by atoms with Crippen LogP contribution in [0.5, 0.6) is 0 Å². The molecule has 0 saturated carbocycles. The van der Waals surface area contributed by atoms with Crippen molar-refractivity contribution < 1.29 is 45.5 Å². The Morgan fingerprint density at radius 2 is 1.61 bits per heavy atom. The molecule has 2 aromatic carbocycles. The second-order valence-corrected chi connectivity index (χ2v) is 9.34. The zero-order chi connectivity index (χ0) is 26.7. The summed E-state index contributed by atoms with van der Waals surface area (Å²) >= 11 is 0. The smallest absolute Gasteiger partial charge is 0.381 e. The van der Waals surface area contributed by atoms with Gasteiger partial charge in [0.25, 0.3) is 5.91 Å². The fourth-order valence-electron chi connectivity index (χ4n) is 4.13. The molecule has 2 aliphatic heterocycles. The molecule has 2 N–H and O–H groups in total. The van der Waals surface area contributed by atoms with Gasteiger partial charge in [-0.15, -0.1) is 0 Å². The minimum Gasteiger partial charge on any atom is -0.381 e. The zero-order valence-electron chi connectivity index (χ0n) is 19.0. The molecule has 4 rings (SSSR count). The third-order valence-corrected chi connectivity index (χ3v) is 6.12. The summed E-state index contributed by atoms with van der Waals surface area (Å²) in [6.45, 7) is 1.97. The molecule has 0 radical (unpaired) electrons. The number of alkyl halides is 7. The molecule has 1 unspecified atom stereocenters. The molecule has 2 aromatic rings. The number of nitrogens with zero attached hydrogens (tertiary/aromatic N) is 1.